The number of anilines is 1. The van der Waals surface area contributed by atoms with Crippen LogP contribution in [0.4, 0.5) is 10.7 Å². The molecule has 0 unspecified atom stereocenters. The molecule has 2 aromatic carbocycles. The number of nitrogen functional groups attached to an aromatic ring is 1. The summed E-state index contributed by atoms with van der Waals surface area (Å²) < 4.78 is 12.3. The normalized spacial score (nSPS) is 10.7. The van der Waals surface area contributed by atoms with Crippen molar-refractivity contribution in [2.24, 2.45) is 10.2 Å². The van der Waals surface area contributed by atoms with Crippen LogP contribution in [0, 0.1) is 0 Å². The molecule has 0 aliphatic heterocycles. The van der Waals surface area contributed by atoms with Crippen molar-refractivity contribution in [3.8, 4) is 16.9 Å². The molecule has 11 nitrogen and oxygen atoms in total. The van der Waals surface area contributed by atoms with Gasteiger partial charge in [-0.15, -0.1) is 11.3 Å². The number of ether oxygens (including phenoxy) is 2. The number of nitrogens with two attached hydrogens (primary N) is 1. The number of hydrogen-bond acceptors (Lipinski definition) is 8. The lowest BCUT2D eigenvalue weighted by atomic mass is 9.99. The Morgan fingerprint density at radius 3 is 2.58 bits per heavy atom. The second kappa shape index (κ2) is 12.7. The molecule has 3 rings (SSSR count). The fraction of sp³-hybridized carbons (Fsp3) is 0.375. The molecule has 0 spiro atoms. The van der Waals surface area contributed by atoms with Gasteiger partial charge < -0.3 is 20.1 Å². The lowest BCUT2D eigenvalue weighted by Crippen LogP contribution is -2.28. The molecule has 36 heavy (non-hydrogen) atoms. The summed E-state index contributed by atoms with van der Waals surface area (Å²) in [6.07, 6.45) is 0. The standard InChI is InChI=1S/C24H28N8O3S/c1-4-32(5-2)9-10-35-21-18(16-11-15(14-28-30-26)12-17(13-16)29-31-27)7-8-19-20(24(33)34-6-3)23(25)36-22(19)21/h7-8,11-13H,4-6,9-10,14,25H2,1-3H3. The Labute approximate surface area is 212 Å². The van der Waals surface area contributed by atoms with Crippen LogP contribution in [0.2, 0.25) is 0 Å². The van der Waals surface area contributed by atoms with E-state index in [4.69, 9.17) is 26.3 Å². The fourth-order valence-electron chi connectivity index (χ4n) is 3.90. The molecule has 0 radical (unpaired) electrons. The SMILES string of the molecule is CCOC(=O)c1c(N)sc2c(OCCN(CC)CC)c(-c3cc(CN=[N+]=[N-])cc(N=[N+]=[N-])c3)ccc12. The molecule has 0 amide bonds. The van der Waals surface area contributed by atoms with Crippen LogP contribution in [0.15, 0.2) is 40.6 Å². The van der Waals surface area contributed by atoms with Crippen LogP contribution >= 0.6 is 11.3 Å². The number of hydrogen-bond donors (Lipinski definition) is 1. The zero-order valence-electron chi connectivity index (χ0n) is 20.5. The number of carbonyl (C=O) groups is 1. The molecular weight excluding hydrogens is 480 g/mol. The molecule has 12 heteroatoms. The maximum absolute atomic E-state index is 12.6. The van der Waals surface area contributed by atoms with Gasteiger partial charge in [-0.2, -0.15) is 0 Å². The Bertz CT molecular complexity index is 1340. The number of esters is 1. The van der Waals surface area contributed by atoms with E-state index in [9.17, 15) is 4.79 Å². The van der Waals surface area contributed by atoms with Crippen LogP contribution in [0.3, 0.4) is 0 Å². The molecule has 0 aliphatic carbocycles. The first-order chi connectivity index (χ1) is 17.5. The minimum Gasteiger partial charge on any atom is -0.490 e. The van der Waals surface area contributed by atoms with Gasteiger partial charge >= 0.3 is 5.97 Å². The second-order valence-electron chi connectivity index (χ2n) is 7.72. The highest BCUT2D eigenvalue weighted by atomic mass is 32.1. The minimum absolute atomic E-state index is 0.0949. The molecule has 188 valence electrons. The maximum Gasteiger partial charge on any atom is 0.341 e. The highest BCUT2D eigenvalue weighted by Crippen LogP contribution is 2.45. The molecule has 0 saturated heterocycles. The van der Waals surface area contributed by atoms with Gasteiger partial charge in [-0.1, -0.05) is 36.2 Å². The van der Waals surface area contributed by atoms with Crippen molar-refractivity contribution in [1.82, 2.24) is 4.90 Å². The smallest absolute Gasteiger partial charge is 0.341 e. The van der Waals surface area contributed by atoms with Crippen LogP contribution in [-0.4, -0.2) is 43.7 Å². The molecule has 2 N–H and O–H groups in total. The molecule has 0 fully saturated rings. The van der Waals surface area contributed by atoms with Crippen molar-refractivity contribution in [1.29, 1.82) is 0 Å². The third-order valence-electron chi connectivity index (χ3n) is 5.63. The minimum atomic E-state index is -0.481. The van der Waals surface area contributed by atoms with Gasteiger partial charge in [0.1, 0.15) is 22.9 Å². The summed E-state index contributed by atoms with van der Waals surface area (Å²) in [6.45, 7) is 9.18. The Hall–Kier alpha value is -3.95. The zero-order valence-corrected chi connectivity index (χ0v) is 21.3. The highest BCUT2D eigenvalue weighted by Gasteiger charge is 2.23. The van der Waals surface area contributed by atoms with E-state index in [0.717, 1.165) is 29.9 Å². The summed E-state index contributed by atoms with van der Waals surface area (Å²) >= 11 is 1.26. The second-order valence-corrected chi connectivity index (χ2v) is 8.77. The van der Waals surface area contributed by atoms with Gasteiger partial charge in [0.15, 0.2) is 0 Å². The molecule has 0 saturated carbocycles. The first kappa shape index (κ1) is 26.7. The van der Waals surface area contributed by atoms with Gasteiger partial charge in [0, 0.05) is 33.0 Å². The van der Waals surface area contributed by atoms with Gasteiger partial charge in [0.05, 0.1) is 17.9 Å². The van der Waals surface area contributed by atoms with Crippen molar-refractivity contribution >= 4 is 38.1 Å². The van der Waals surface area contributed by atoms with Gasteiger partial charge in [0.2, 0.25) is 0 Å². The predicted molar refractivity (Wildman–Crippen MR) is 143 cm³/mol. The summed E-state index contributed by atoms with van der Waals surface area (Å²) in [5, 5.41) is 8.38. The van der Waals surface area contributed by atoms with Crippen molar-refractivity contribution in [3.05, 3.63) is 62.3 Å². The number of carbonyl (C=O) groups excluding carboxylic acids is 1. The zero-order chi connectivity index (χ0) is 26.1. The first-order valence-electron chi connectivity index (χ1n) is 11.5. The van der Waals surface area contributed by atoms with E-state index in [1.54, 1.807) is 19.1 Å². The van der Waals surface area contributed by atoms with Crippen molar-refractivity contribution in [2.75, 3.05) is 38.6 Å². The molecule has 1 aromatic heterocycles. The van der Waals surface area contributed by atoms with E-state index in [2.05, 4.69) is 38.8 Å². The first-order valence-corrected chi connectivity index (χ1v) is 12.4. The third kappa shape index (κ3) is 5.99. The van der Waals surface area contributed by atoms with E-state index in [0.29, 0.717) is 45.1 Å². The summed E-state index contributed by atoms with van der Waals surface area (Å²) in [5.74, 6) is 0.0878. The average Bonchev–Trinajstić information content (AvgIpc) is 3.21. The molecule has 3 aromatic rings. The van der Waals surface area contributed by atoms with E-state index in [1.165, 1.54) is 11.3 Å². The monoisotopic (exact) mass is 508 g/mol. The van der Waals surface area contributed by atoms with Gasteiger partial charge in [-0.3, -0.25) is 0 Å². The molecule has 0 aliphatic rings. The van der Waals surface area contributed by atoms with Gasteiger partial charge in [-0.25, -0.2) is 4.79 Å². The van der Waals surface area contributed by atoms with Gasteiger partial charge in [-0.05, 0) is 60.4 Å². The number of likely N-dealkylation sites (N-methyl/N-ethyl adjacent to an activating group) is 1. The van der Waals surface area contributed by atoms with Crippen LogP contribution in [-0.2, 0) is 11.3 Å². The predicted octanol–water partition coefficient (Wildman–Crippen LogP) is 6.80. The van der Waals surface area contributed by atoms with E-state index in [1.807, 2.05) is 18.2 Å². The lowest BCUT2D eigenvalue weighted by molar-refractivity contribution is 0.0530. The van der Waals surface area contributed by atoms with Crippen molar-refractivity contribution < 1.29 is 14.3 Å². The van der Waals surface area contributed by atoms with Crippen LogP contribution in [0.25, 0.3) is 42.1 Å². The number of nitrogens with zero attached hydrogens (tertiary/aromatic N) is 7. The molecule has 0 atom stereocenters. The van der Waals surface area contributed by atoms with Crippen LogP contribution in [0.1, 0.15) is 36.7 Å². The van der Waals surface area contributed by atoms with Crippen LogP contribution in [0.5, 0.6) is 5.75 Å². The summed E-state index contributed by atoms with van der Waals surface area (Å²) in [6, 6.07) is 8.91. The van der Waals surface area contributed by atoms with E-state index < -0.39 is 5.97 Å². The van der Waals surface area contributed by atoms with Crippen molar-refractivity contribution in [3.63, 3.8) is 0 Å². The molecular formula is C24H28N8O3S. The maximum atomic E-state index is 12.6. The number of azide groups is 2. The fourth-order valence-corrected chi connectivity index (χ4v) is 4.96. The topological polar surface area (TPSA) is 162 Å². The number of thiophene rings is 1. The Balaban J connectivity index is 2.20. The van der Waals surface area contributed by atoms with Gasteiger partial charge in [0.25, 0.3) is 0 Å². The average molecular weight is 509 g/mol. The molecule has 0 bridgehead atoms. The number of benzene rings is 2. The number of rotatable bonds is 12. The Kier molecular flexibility index (Phi) is 9.38. The summed E-state index contributed by atoms with van der Waals surface area (Å²) in [7, 11) is 0. The summed E-state index contributed by atoms with van der Waals surface area (Å²) in [5.41, 5.74) is 26.8. The van der Waals surface area contributed by atoms with E-state index >= 15 is 0 Å². The largest absolute Gasteiger partial charge is 0.490 e. The molecule has 1 heterocycles. The van der Waals surface area contributed by atoms with Crippen LogP contribution < -0.4 is 10.5 Å². The lowest BCUT2D eigenvalue weighted by Gasteiger charge is -2.19. The third-order valence-corrected chi connectivity index (χ3v) is 6.67. The quantitative estimate of drug-likeness (QED) is 0.123. The Morgan fingerprint density at radius 2 is 1.92 bits per heavy atom. The van der Waals surface area contributed by atoms with E-state index in [-0.39, 0.29) is 13.2 Å². The highest BCUT2D eigenvalue weighted by molar-refractivity contribution is 7.23. The number of fused-ring (bicyclic) bond motifs is 1. The van der Waals surface area contributed by atoms with Crippen molar-refractivity contribution in [2.45, 2.75) is 27.3 Å². The summed E-state index contributed by atoms with van der Waals surface area (Å²) in [4.78, 5) is 20.6. The Morgan fingerprint density at radius 1 is 1.14 bits per heavy atom.